The number of hydrogen-bond acceptors (Lipinski definition) is 6. The van der Waals surface area contributed by atoms with Crippen LogP contribution in [0.2, 0.25) is 0 Å². The van der Waals surface area contributed by atoms with Crippen LogP contribution in [-0.4, -0.2) is 35.6 Å². The van der Waals surface area contributed by atoms with Crippen molar-refractivity contribution in [1.82, 2.24) is 10.2 Å². The number of nitrogen functional groups attached to an aromatic ring is 1. The van der Waals surface area contributed by atoms with Gasteiger partial charge in [0.1, 0.15) is 5.75 Å². The number of methoxy groups -OCH3 is 1. The molecule has 3 aromatic rings. The first-order chi connectivity index (χ1) is 14.9. The van der Waals surface area contributed by atoms with Crippen LogP contribution in [-0.2, 0) is 9.31 Å². The molecule has 2 bridgehead atoms. The molecule has 3 aliphatic carbocycles. The lowest BCUT2D eigenvalue weighted by Crippen LogP contribution is -2.62. The Labute approximate surface area is 182 Å². The van der Waals surface area contributed by atoms with Gasteiger partial charge in [-0.1, -0.05) is 18.2 Å². The Bertz CT molecular complexity index is 1200. The summed E-state index contributed by atoms with van der Waals surface area (Å²) in [4.78, 5) is 0. The Balaban J connectivity index is 1.40. The van der Waals surface area contributed by atoms with Crippen LogP contribution in [0.25, 0.3) is 22.0 Å². The van der Waals surface area contributed by atoms with E-state index in [1.807, 2.05) is 30.3 Å². The van der Waals surface area contributed by atoms with Crippen molar-refractivity contribution in [3.63, 3.8) is 0 Å². The molecule has 7 rings (SSSR count). The van der Waals surface area contributed by atoms with E-state index in [4.69, 9.17) is 19.8 Å². The molecule has 1 aromatic heterocycles. The minimum Gasteiger partial charge on any atom is -0.496 e. The molecule has 6 nitrogen and oxygen atoms in total. The zero-order chi connectivity index (χ0) is 21.4. The third-order valence-electron chi connectivity index (χ3n) is 7.94. The van der Waals surface area contributed by atoms with Crippen molar-refractivity contribution in [1.29, 1.82) is 0 Å². The van der Waals surface area contributed by atoms with Gasteiger partial charge in [-0.25, -0.2) is 0 Å². The smallest absolute Gasteiger partial charge is 0.494 e. The highest BCUT2D eigenvalue weighted by atomic mass is 16.7. The first-order valence-electron chi connectivity index (χ1n) is 10.9. The van der Waals surface area contributed by atoms with Gasteiger partial charge in [0.15, 0.2) is 0 Å². The highest BCUT2D eigenvalue weighted by Crippen LogP contribution is 2.61. The van der Waals surface area contributed by atoms with E-state index in [1.54, 1.807) is 13.3 Å². The molecule has 7 heteroatoms. The molecular formula is C24H26BN3O3. The second-order valence-corrected chi connectivity index (χ2v) is 9.64. The lowest BCUT2D eigenvalue weighted by atomic mass is 9.52. The maximum Gasteiger partial charge on any atom is 0.494 e. The van der Waals surface area contributed by atoms with E-state index >= 15 is 0 Å². The molecule has 4 fully saturated rings. The van der Waals surface area contributed by atoms with Gasteiger partial charge in [-0.3, -0.25) is 0 Å². The Morgan fingerprint density at radius 1 is 1.13 bits per heavy atom. The third-order valence-corrected chi connectivity index (χ3v) is 7.94. The van der Waals surface area contributed by atoms with Crippen LogP contribution in [0.5, 0.6) is 5.75 Å². The van der Waals surface area contributed by atoms with Crippen molar-refractivity contribution in [3.05, 3.63) is 42.6 Å². The summed E-state index contributed by atoms with van der Waals surface area (Å²) < 4.78 is 18.9. The van der Waals surface area contributed by atoms with Gasteiger partial charge in [-0.05, 0) is 74.2 Å². The van der Waals surface area contributed by atoms with Crippen LogP contribution in [0.15, 0.2) is 42.6 Å². The van der Waals surface area contributed by atoms with Crippen molar-refractivity contribution in [2.24, 2.45) is 11.8 Å². The minimum atomic E-state index is -0.380. The van der Waals surface area contributed by atoms with E-state index in [0.717, 1.165) is 45.6 Å². The highest BCUT2D eigenvalue weighted by molar-refractivity contribution is 6.62. The standard InChI is InChI=1S/C24H26BN3O3/c1-23-12-14-8-16(9-14)24(23,2)31-25(30-23)17-5-7-22(29-3)19(11-17)15-4-6-18-20(26)13-27-28-21(18)10-15/h4-7,10-11,13-14,16H,8-9,12H2,1-3H3,(H2,26,28)/t14?,16?,23-,24+/m0/s1. The first-order valence-corrected chi connectivity index (χ1v) is 10.9. The summed E-state index contributed by atoms with van der Waals surface area (Å²) in [6.45, 7) is 4.46. The molecule has 2 aromatic carbocycles. The first kappa shape index (κ1) is 19.1. The largest absolute Gasteiger partial charge is 0.496 e. The zero-order valence-electron chi connectivity index (χ0n) is 18.1. The highest BCUT2D eigenvalue weighted by Gasteiger charge is 2.67. The minimum absolute atomic E-state index is 0.234. The topological polar surface area (TPSA) is 79.5 Å². The van der Waals surface area contributed by atoms with Gasteiger partial charge in [0.05, 0.1) is 35.7 Å². The number of rotatable bonds is 3. The maximum atomic E-state index is 6.64. The SMILES string of the molecule is COc1ccc(B2O[C@@]3(C)CC4CC(C4)[C@@]3(C)O2)cc1-c1ccc2c(N)cnnc2c1. The van der Waals surface area contributed by atoms with E-state index in [2.05, 4.69) is 30.1 Å². The quantitative estimate of drug-likeness (QED) is 0.659. The summed E-state index contributed by atoms with van der Waals surface area (Å²) in [6, 6.07) is 12.1. The predicted octanol–water partition coefficient (Wildman–Crippen LogP) is 3.58. The summed E-state index contributed by atoms with van der Waals surface area (Å²) in [7, 11) is 1.30. The summed E-state index contributed by atoms with van der Waals surface area (Å²) >= 11 is 0. The summed E-state index contributed by atoms with van der Waals surface area (Å²) in [6.07, 6.45) is 5.17. The molecule has 0 unspecified atom stereocenters. The molecule has 3 saturated carbocycles. The number of fused-ring (bicyclic) bond motifs is 1. The fourth-order valence-electron chi connectivity index (χ4n) is 5.89. The molecule has 2 N–H and O–H groups in total. The summed E-state index contributed by atoms with van der Waals surface area (Å²) in [5, 5.41) is 9.12. The molecule has 0 radical (unpaired) electrons. The summed E-state index contributed by atoms with van der Waals surface area (Å²) in [5.41, 5.74) is 9.90. The monoisotopic (exact) mass is 415 g/mol. The van der Waals surface area contributed by atoms with Crippen LogP contribution < -0.4 is 15.9 Å². The van der Waals surface area contributed by atoms with Crippen LogP contribution in [0.3, 0.4) is 0 Å². The molecule has 158 valence electrons. The van der Waals surface area contributed by atoms with Gasteiger partial charge in [-0.2, -0.15) is 10.2 Å². The van der Waals surface area contributed by atoms with Gasteiger partial charge in [0, 0.05) is 10.9 Å². The number of anilines is 1. The molecule has 0 spiro atoms. The van der Waals surface area contributed by atoms with E-state index in [9.17, 15) is 0 Å². The number of hydrogen-bond donors (Lipinski definition) is 1. The lowest BCUT2D eigenvalue weighted by molar-refractivity contribution is -0.164. The molecule has 1 saturated heterocycles. The van der Waals surface area contributed by atoms with Gasteiger partial charge >= 0.3 is 7.12 Å². The van der Waals surface area contributed by atoms with Crippen molar-refractivity contribution >= 4 is 29.2 Å². The van der Waals surface area contributed by atoms with Crippen molar-refractivity contribution in [2.45, 2.75) is 44.3 Å². The summed E-state index contributed by atoms with van der Waals surface area (Å²) in [5.74, 6) is 2.15. The number of aromatic nitrogens is 2. The van der Waals surface area contributed by atoms with E-state index in [1.165, 1.54) is 12.8 Å². The van der Waals surface area contributed by atoms with Crippen LogP contribution >= 0.6 is 0 Å². The molecule has 2 heterocycles. The molecule has 2 atom stereocenters. The third kappa shape index (κ3) is 2.66. The van der Waals surface area contributed by atoms with Crippen molar-refractivity contribution < 1.29 is 14.0 Å². The van der Waals surface area contributed by atoms with Gasteiger partial charge in [0.25, 0.3) is 0 Å². The van der Waals surface area contributed by atoms with Crippen molar-refractivity contribution in [2.75, 3.05) is 12.8 Å². The Morgan fingerprint density at radius 2 is 1.97 bits per heavy atom. The van der Waals surface area contributed by atoms with Gasteiger partial charge < -0.3 is 19.8 Å². The van der Waals surface area contributed by atoms with E-state index < -0.39 is 0 Å². The zero-order valence-corrected chi connectivity index (χ0v) is 18.1. The maximum absolute atomic E-state index is 6.64. The second-order valence-electron chi connectivity index (χ2n) is 9.64. The van der Waals surface area contributed by atoms with Crippen LogP contribution in [0.1, 0.15) is 33.1 Å². The predicted molar refractivity (Wildman–Crippen MR) is 121 cm³/mol. The molecule has 0 amide bonds. The average Bonchev–Trinajstić information content (AvgIpc) is 3.04. The normalized spacial score (nSPS) is 31.4. The van der Waals surface area contributed by atoms with E-state index in [0.29, 0.717) is 11.6 Å². The lowest BCUT2D eigenvalue weighted by Gasteiger charge is -2.58. The number of nitrogens with two attached hydrogens (primary N) is 1. The molecule has 1 aliphatic heterocycles. The Morgan fingerprint density at radius 3 is 2.74 bits per heavy atom. The molecular weight excluding hydrogens is 389 g/mol. The fraction of sp³-hybridized carbons (Fsp3) is 0.417. The molecule has 4 aliphatic rings. The van der Waals surface area contributed by atoms with Crippen LogP contribution in [0.4, 0.5) is 5.69 Å². The van der Waals surface area contributed by atoms with Gasteiger partial charge in [0.2, 0.25) is 0 Å². The second kappa shape index (κ2) is 6.44. The average molecular weight is 415 g/mol. The van der Waals surface area contributed by atoms with E-state index in [-0.39, 0.29) is 18.3 Å². The van der Waals surface area contributed by atoms with Crippen molar-refractivity contribution in [3.8, 4) is 16.9 Å². The Hall–Kier alpha value is -2.64. The number of benzene rings is 2. The molecule has 31 heavy (non-hydrogen) atoms. The number of nitrogens with zero attached hydrogens (tertiary/aromatic N) is 2. The Kier molecular flexibility index (Phi) is 3.96. The fourth-order valence-corrected chi connectivity index (χ4v) is 5.89. The van der Waals surface area contributed by atoms with Crippen LogP contribution in [0, 0.1) is 11.8 Å². The van der Waals surface area contributed by atoms with Gasteiger partial charge in [-0.15, -0.1) is 0 Å². The number of ether oxygens (including phenoxy) is 1.